The van der Waals surface area contributed by atoms with Crippen LogP contribution in [0.1, 0.15) is 31.0 Å². The van der Waals surface area contributed by atoms with Crippen molar-refractivity contribution in [1.82, 2.24) is 9.78 Å². The van der Waals surface area contributed by atoms with Crippen LogP contribution in [0, 0.1) is 0 Å². The Balaban J connectivity index is 2.00. The van der Waals surface area contributed by atoms with E-state index in [1.165, 1.54) is 11.3 Å². The highest BCUT2D eigenvalue weighted by Crippen LogP contribution is 2.20. The zero-order valence-corrected chi connectivity index (χ0v) is 11.8. The lowest BCUT2D eigenvalue weighted by Crippen LogP contribution is -2.42. The van der Waals surface area contributed by atoms with Crippen molar-refractivity contribution in [3.05, 3.63) is 53.9 Å². The summed E-state index contributed by atoms with van der Waals surface area (Å²) in [7, 11) is 1.98. The van der Waals surface area contributed by atoms with Crippen molar-refractivity contribution in [2.45, 2.75) is 38.1 Å². The number of benzene rings is 1. The van der Waals surface area contributed by atoms with Gasteiger partial charge in [0.05, 0.1) is 0 Å². The van der Waals surface area contributed by atoms with Crippen molar-refractivity contribution < 1.29 is 0 Å². The maximum Gasteiger partial charge on any atom is 0.0492 e. The molecule has 3 heteroatoms. The molecule has 0 bridgehead atoms. The molecular weight excluding hydrogens is 234 g/mol. The molecule has 0 spiro atoms. The monoisotopic (exact) mass is 257 g/mol. The van der Waals surface area contributed by atoms with E-state index in [0.29, 0.717) is 0 Å². The van der Waals surface area contributed by atoms with Crippen LogP contribution in [-0.4, -0.2) is 15.3 Å². The first kappa shape index (κ1) is 13.8. The number of rotatable bonds is 6. The lowest BCUT2D eigenvalue weighted by molar-refractivity contribution is 0.373. The molecule has 102 valence electrons. The summed E-state index contributed by atoms with van der Waals surface area (Å²) in [6.45, 7) is 2.17. The van der Waals surface area contributed by atoms with Crippen LogP contribution < -0.4 is 5.73 Å². The minimum Gasteiger partial charge on any atom is -0.325 e. The van der Waals surface area contributed by atoms with Crippen LogP contribution in [0.5, 0.6) is 0 Å². The third-order valence-electron chi connectivity index (χ3n) is 3.90. The summed E-state index contributed by atoms with van der Waals surface area (Å²) in [5.74, 6) is 0. The van der Waals surface area contributed by atoms with Gasteiger partial charge in [0.2, 0.25) is 0 Å². The normalized spacial score (nSPS) is 14.3. The minimum absolute atomic E-state index is 0.133. The smallest absolute Gasteiger partial charge is 0.0492 e. The molecular formula is C16H23N3. The first-order chi connectivity index (χ1) is 9.13. The number of nitrogens with zero attached hydrogens (tertiary/aromatic N) is 2. The van der Waals surface area contributed by atoms with Gasteiger partial charge in [-0.05, 0) is 37.3 Å². The molecule has 2 aromatic rings. The molecule has 2 N–H and O–H groups in total. The number of aryl methyl sites for hydroxylation is 2. The van der Waals surface area contributed by atoms with Crippen molar-refractivity contribution in [2.24, 2.45) is 12.8 Å². The molecule has 0 saturated carbocycles. The maximum atomic E-state index is 6.57. The predicted molar refractivity (Wildman–Crippen MR) is 78.9 cm³/mol. The van der Waals surface area contributed by atoms with E-state index < -0.39 is 0 Å². The molecule has 0 saturated heterocycles. The molecule has 0 aliphatic carbocycles. The van der Waals surface area contributed by atoms with Crippen LogP contribution in [0.25, 0.3) is 0 Å². The van der Waals surface area contributed by atoms with Crippen LogP contribution >= 0.6 is 0 Å². The van der Waals surface area contributed by atoms with Crippen molar-refractivity contribution in [2.75, 3.05) is 0 Å². The van der Waals surface area contributed by atoms with E-state index in [1.54, 1.807) is 0 Å². The van der Waals surface area contributed by atoms with Crippen molar-refractivity contribution in [1.29, 1.82) is 0 Å². The van der Waals surface area contributed by atoms with Gasteiger partial charge in [0.1, 0.15) is 0 Å². The van der Waals surface area contributed by atoms with Gasteiger partial charge >= 0.3 is 0 Å². The quantitative estimate of drug-likeness (QED) is 0.864. The zero-order chi connectivity index (χ0) is 13.7. The summed E-state index contributed by atoms with van der Waals surface area (Å²) >= 11 is 0. The number of hydrogen-bond acceptors (Lipinski definition) is 2. The number of aromatic nitrogens is 2. The van der Waals surface area contributed by atoms with Gasteiger partial charge in [-0.15, -0.1) is 0 Å². The Labute approximate surface area is 115 Å². The Hall–Kier alpha value is -1.61. The molecule has 1 unspecified atom stereocenters. The highest BCUT2D eigenvalue weighted by molar-refractivity contribution is 5.18. The van der Waals surface area contributed by atoms with Gasteiger partial charge in [-0.2, -0.15) is 5.10 Å². The third-order valence-corrected chi connectivity index (χ3v) is 3.90. The second-order valence-electron chi connectivity index (χ2n) is 5.32. The Morgan fingerprint density at radius 2 is 1.95 bits per heavy atom. The van der Waals surface area contributed by atoms with Crippen LogP contribution in [0.2, 0.25) is 0 Å². The Bertz CT molecular complexity index is 504. The fraction of sp³-hybridized carbons (Fsp3) is 0.438. The fourth-order valence-electron chi connectivity index (χ4n) is 2.42. The van der Waals surface area contributed by atoms with Crippen molar-refractivity contribution >= 4 is 0 Å². The average Bonchev–Trinajstić information content (AvgIpc) is 2.83. The van der Waals surface area contributed by atoms with Crippen LogP contribution in [0.4, 0.5) is 0 Å². The van der Waals surface area contributed by atoms with E-state index in [9.17, 15) is 0 Å². The topological polar surface area (TPSA) is 43.8 Å². The van der Waals surface area contributed by atoms with Crippen molar-refractivity contribution in [3.63, 3.8) is 0 Å². The van der Waals surface area contributed by atoms with E-state index in [2.05, 4.69) is 42.4 Å². The predicted octanol–water partition coefficient (Wildman–Crippen LogP) is 2.70. The second kappa shape index (κ2) is 6.02. The zero-order valence-electron chi connectivity index (χ0n) is 11.8. The van der Waals surface area contributed by atoms with E-state index >= 15 is 0 Å². The summed E-state index contributed by atoms with van der Waals surface area (Å²) < 4.78 is 1.93. The molecule has 0 amide bonds. The van der Waals surface area contributed by atoms with E-state index in [4.69, 9.17) is 5.73 Å². The lowest BCUT2D eigenvalue weighted by atomic mass is 9.84. The molecule has 0 aliphatic heterocycles. The Morgan fingerprint density at radius 3 is 2.53 bits per heavy atom. The van der Waals surface area contributed by atoms with Gasteiger partial charge in [0.15, 0.2) is 0 Å². The van der Waals surface area contributed by atoms with Gasteiger partial charge < -0.3 is 5.73 Å². The first-order valence-electron chi connectivity index (χ1n) is 6.93. The first-order valence-corrected chi connectivity index (χ1v) is 6.93. The Kier molecular flexibility index (Phi) is 4.38. The third kappa shape index (κ3) is 3.67. The van der Waals surface area contributed by atoms with Crippen LogP contribution in [-0.2, 0) is 19.9 Å². The number of hydrogen-bond donors (Lipinski definition) is 1. The van der Waals surface area contributed by atoms with Gasteiger partial charge in [-0.25, -0.2) is 0 Å². The molecule has 1 aromatic heterocycles. The van der Waals surface area contributed by atoms with E-state index in [0.717, 1.165) is 25.7 Å². The van der Waals surface area contributed by atoms with Crippen molar-refractivity contribution in [3.8, 4) is 0 Å². The fourth-order valence-corrected chi connectivity index (χ4v) is 2.42. The largest absolute Gasteiger partial charge is 0.325 e. The second-order valence-corrected chi connectivity index (χ2v) is 5.32. The van der Waals surface area contributed by atoms with E-state index in [-0.39, 0.29) is 5.54 Å². The highest BCUT2D eigenvalue weighted by Gasteiger charge is 2.23. The van der Waals surface area contributed by atoms with E-state index in [1.807, 2.05) is 24.0 Å². The molecule has 1 heterocycles. The summed E-state index contributed by atoms with van der Waals surface area (Å²) in [4.78, 5) is 0. The van der Waals surface area contributed by atoms with Crippen LogP contribution in [0.3, 0.4) is 0 Å². The highest BCUT2D eigenvalue weighted by atomic mass is 15.2. The molecule has 19 heavy (non-hydrogen) atoms. The summed E-state index contributed by atoms with van der Waals surface area (Å²) in [5, 5.41) is 4.20. The Morgan fingerprint density at radius 1 is 1.21 bits per heavy atom. The molecule has 0 aliphatic rings. The summed E-state index contributed by atoms with van der Waals surface area (Å²) in [6.07, 6.45) is 5.73. The molecule has 0 radical (unpaired) electrons. The van der Waals surface area contributed by atoms with Gasteiger partial charge in [0, 0.05) is 24.5 Å². The SMILES string of the molecule is CCC(N)(CCc1ccnn1C)Cc1ccccc1. The average molecular weight is 257 g/mol. The lowest BCUT2D eigenvalue weighted by Gasteiger charge is -2.28. The number of nitrogens with two attached hydrogens (primary N) is 1. The van der Waals surface area contributed by atoms with Gasteiger partial charge in [-0.3, -0.25) is 4.68 Å². The molecule has 0 fully saturated rings. The molecule has 1 atom stereocenters. The minimum atomic E-state index is -0.133. The molecule has 1 aromatic carbocycles. The summed E-state index contributed by atoms with van der Waals surface area (Å²) in [5.41, 5.74) is 9.00. The van der Waals surface area contributed by atoms with Gasteiger partial charge in [0.25, 0.3) is 0 Å². The van der Waals surface area contributed by atoms with Crippen LogP contribution in [0.15, 0.2) is 42.6 Å². The maximum absolute atomic E-state index is 6.57. The standard InChI is InChI=1S/C16H23N3/c1-3-16(17,13-14-7-5-4-6-8-14)11-9-15-10-12-18-19(15)2/h4-8,10,12H,3,9,11,13,17H2,1-2H3. The van der Waals surface area contributed by atoms with Gasteiger partial charge in [-0.1, -0.05) is 37.3 Å². The molecule has 3 nitrogen and oxygen atoms in total. The summed E-state index contributed by atoms with van der Waals surface area (Å²) in [6, 6.07) is 12.6. The molecule has 2 rings (SSSR count).